The molecule has 10 rings (SSSR count). The summed E-state index contributed by atoms with van der Waals surface area (Å²) in [6.07, 6.45) is 11.5. The van der Waals surface area contributed by atoms with Gasteiger partial charge in [0.15, 0.2) is 0 Å². The molecule has 6 aromatic carbocycles. The standard InChI is InChI=1S/C48H30N4S2/c1-3-9-31(10-4-1)34-21-35(32-11-5-2-6-12-32)23-36(22-34)33-15-16-43-44(26-33)46(38-25-40(30-50-28-38)48-52-18-20-54-48)42-14-8-7-13-41(42)45(43)37-24-39(29-49-27-37)47-51-17-19-53-47/h1-30H. The lowest BCUT2D eigenvalue weighted by Crippen LogP contribution is -1.94. The fourth-order valence-electron chi connectivity index (χ4n) is 7.49. The summed E-state index contributed by atoms with van der Waals surface area (Å²) in [5.74, 6) is 0. The molecule has 4 nitrogen and oxygen atoms in total. The third-order valence-electron chi connectivity index (χ3n) is 9.92. The summed E-state index contributed by atoms with van der Waals surface area (Å²) in [6.45, 7) is 0. The van der Waals surface area contributed by atoms with Gasteiger partial charge >= 0.3 is 0 Å². The van der Waals surface area contributed by atoms with Gasteiger partial charge in [0, 0.05) is 70.2 Å². The number of benzene rings is 6. The lowest BCUT2D eigenvalue weighted by Gasteiger charge is -2.19. The van der Waals surface area contributed by atoms with Crippen molar-refractivity contribution in [1.82, 2.24) is 19.9 Å². The zero-order valence-corrected chi connectivity index (χ0v) is 30.6. The maximum atomic E-state index is 4.77. The van der Waals surface area contributed by atoms with Crippen molar-refractivity contribution >= 4 is 44.2 Å². The normalized spacial score (nSPS) is 11.3. The highest BCUT2D eigenvalue weighted by atomic mass is 32.1. The number of aromatic nitrogens is 4. The first-order chi connectivity index (χ1) is 26.8. The number of pyridine rings is 2. The molecule has 0 atom stereocenters. The Kier molecular flexibility index (Phi) is 8.17. The van der Waals surface area contributed by atoms with E-state index in [1.165, 1.54) is 22.3 Å². The van der Waals surface area contributed by atoms with E-state index in [1.807, 2.05) is 47.9 Å². The van der Waals surface area contributed by atoms with Crippen LogP contribution in [0.25, 0.3) is 98.3 Å². The smallest absolute Gasteiger partial charge is 0.124 e. The molecule has 0 aliphatic carbocycles. The molecular formula is C48H30N4S2. The Balaban J connectivity index is 1.27. The summed E-state index contributed by atoms with van der Waals surface area (Å²) in [7, 11) is 0. The quantitative estimate of drug-likeness (QED) is 0.153. The highest BCUT2D eigenvalue weighted by Gasteiger charge is 2.20. The second-order valence-electron chi connectivity index (χ2n) is 13.2. The van der Waals surface area contributed by atoms with Crippen LogP contribution >= 0.6 is 22.7 Å². The lowest BCUT2D eigenvalue weighted by atomic mass is 9.84. The minimum Gasteiger partial charge on any atom is -0.263 e. The van der Waals surface area contributed by atoms with Crippen molar-refractivity contribution in [3.8, 4) is 76.8 Å². The average Bonchev–Trinajstić information content (AvgIpc) is 4.00. The topological polar surface area (TPSA) is 51.6 Å². The van der Waals surface area contributed by atoms with Gasteiger partial charge in [0.2, 0.25) is 0 Å². The van der Waals surface area contributed by atoms with Gasteiger partial charge in [-0.15, -0.1) is 22.7 Å². The minimum atomic E-state index is 0.950. The highest BCUT2D eigenvalue weighted by molar-refractivity contribution is 7.13. The van der Waals surface area contributed by atoms with Gasteiger partial charge in [-0.1, -0.05) is 97.1 Å². The first kappa shape index (κ1) is 32.1. The third-order valence-corrected chi connectivity index (χ3v) is 11.6. The van der Waals surface area contributed by atoms with Gasteiger partial charge < -0.3 is 0 Å². The van der Waals surface area contributed by atoms with E-state index in [4.69, 9.17) is 9.97 Å². The summed E-state index contributed by atoms with van der Waals surface area (Å²) in [5, 5.41) is 10.5. The van der Waals surface area contributed by atoms with Crippen LogP contribution < -0.4 is 0 Å². The highest BCUT2D eigenvalue weighted by Crippen LogP contribution is 2.46. The van der Waals surface area contributed by atoms with Crippen LogP contribution in [0.3, 0.4) is 0 Å². The first-order valence-electron chi connectivity index (χ1n) is 17.7. The molecular weight excluding hydrogens is 697 g/mol. The second kappa shape index (κ2) is 13.7. The van der Waals surface area contributed by atoms with Crippen LogP contribution in [0.2, 0.25) is 0 Å². The number of nitrogens with zero attached hydrogens (tertiary/aromatic N) is 4. The molecule has 0 bridgehead atoms. The predicted molar refractivity (Wildman–Crippen MR) is 226 cm³/mol. The molecule has 0 radical (unpaired) electrons. The van der Waals surface area contributed by atoms with E-state index in [9.17, 15) is 0 Å². The van der Waals surface area contributed by atoms with Crippen LogP contribution in [0.4, 0.5) is 0 Å². The van der Waals surface area contributed by atoms with Crippen LogP contribution in [0.1, 0.15) is 0 Å². The van der Waals surface area contributed by atoms with E-state index in [1.54, 1.807) is 22.7 Å². The Morgan fingerprint density at radius 2 is 0.741 bits per heavy atom. The molecule has 4 heterocycles. The third kappa shape index (κ3) is 5.88. The zero-order chi connectivity index (χ0) is 35.8. The van der Waals surface area contributed by atoms with Crippen molar-refractivity contribution in [2.75, 3.05) is 0 Å². The summed E-state index contributed by atoms with van der Waals surface area (Å²) in [5.41, 5.74) is 13.4. The van der Waals surface area contributed by atoms with Gasteiger partial charge in [0.1, 0.15) is 10.0 Å². The Bertz CT molecular complexity index is 2860. The molecule has 0 fully saturated rings. The van der Waals surface area contributed by atoms with Gasteiger partial charge in [-0.3, -0.25) is 9.97 Å². The summed E-state index contributed by atoms with van der Waals surface area (Å²) < 4.78 is 0. The van der Waals surface area contributed by atoms with Crippen molar-refractivity contribution in [3.05, 3.63) is 181 Å². The zero-order valence-electron chi connectivity index (χ0n) is 28.9. The molecule has 0 aliphatic heterocycles. The summed E-state index contributed by atoms with van der Waals surface area (Å²) in [4.78, 5) is 18.7. The maximum absolute atomic E-state index is 4.77. The molecule has 0 saturated heterocycles. The molecule has 0 aliphatic rings. The number of hydrogen-bond acceptors (Lipinski definition) is 6. The first-order valence-corrected chi connectivity index (χ1v) is 19.5. The van der Waals surface area contributed by atoms with Crippen molar-refractivity contribution in [2.45, 2.75) is 0 Å². The van der Waals surface area contributed by atoms with E-state index in [2.05, 4.69) is 143 Å². The van der Waals surface area contributed by atoms with Crippen LogP contribution in [-0.4, -0.2) is 19.9 Å². The van der Waals surface area contributed by atoms with Gasteiger partial charge in [-0.2, -0.15) is 0 Å². The SMILES string of the molecule is c1ccc(-c2cc(-c3ccccc3)cc(-c3ccc4c(-c5cncc(-c6nccs6)c5)c5ccccc5c(-c5cncc(-c6nccs6)c5)c4c3)c2)cc1. The lowest BCUT2D eigenvalue weighted by molar-refractivity contribution is 1.31. The van der Waals surface area contributed by atoms with E-state index in [0.717, 1.165) is 76.1 Å². The summed E-state index contributed by atoms with van der Waals surface area (Å²) in [6, 6.07) is 48.3. The fraction of sp³-hybridized carbons (Fsp3) is 0. The molecule has 254 valence electrons. The largest absolute Gasteiger partial charge is 0.263 e. The van der Waals surface area contributed by atoms with E-state index in [0.29, 0.717) is 0 Å². The van der Waals surface area contributed by atoms with Crippen molar-refractivity contribution in [2.24, 2.45) is 0 Å². The van der Waals surface area contributed by atoms with Crippen LogP contribution in [0.15, 0.2) is 181 Å². The van der Waals surface area contributed by atoms with E-state index in [-0.39, 0.29) is 0 Å². The summed E-state index contributed by atoms with van der Waals surface area (Å²) >= 11 is 3.25. The Morgan fingerprint density at radius 3 is 1.24 bits per heavy atom. The van der Waals surface area contributed by atoms with E-state index < -0.39 is 0 Å². The second-order valence-corrected chi connectivity index (χ2v) is 15.0. The predicted octanol–water partition coefficient (Wildman–Crippen LogP) is 13.4. The number of hydrogen-bond donors (Lipinski definition) is 0. The van der Waals surface area contributed by atoms with Crippen LogP contribution in [0.5, 0.6) is 0 Å². The average molecular weight is 727 g/mol. The van der Waals surface area contributed by atoms with Crippen molar-refractivity contribution in [1.29, 1.82) is 0 Å². The number of fused-ring (bicyclic) bond motifs is 2. The Morgan fingerprint density at radius 1 is 0.315 bits per heavy atom. The molecule has 54 heavy (non-hydrogen) atoms. The van der Waals surface area contributed by atoms with Crippen LogP contribution in [-0.2, 0) is 0 Å². The molecule has 10 aromatic rings. The van der Waals surface area contributed by atoms with Crippen LogP contribution in [0, 0.1) is 0 Å². The van der Waals surface area contributed by atoms with Gasteiger partial charge in [0.05, 0.1) is 0 Å². The molecule has 0 saturated carbocycles. The molecule has 4 aromatic heterocycles. The Hall–Kier alpha value is -6.60. The van der Waals surface area contributed by atoms with Gasteiger partial charge in [-0.25, -0.2) is 9.97 Å². The van der Waals surface area contributed by atoms with E-state index >= 15 is 0 Å². The molecule has 0 spiro atoms. The molecule has 0 unspecified atom stereocenters. The molecule has 0 N–H and O–H groups in total. The number of thiazole rings is 2. The van der Waals surface area contributed by atoms with Gasteiger partial charge in [-0.05, 0) is 102 Å². The van der Waals surface area contributed by atoms with Gasteiger partial charge in [0.25, 0.3) is 0 Å². The minimum absolute atomic E-state index is 0.950. The molecule has 6 heteroatoms. The fourth-order valence-corrected chi connectivity index (χ4v) is 8.73. The maximum Gasteiger partial charge on any atom is 0.124 e. The van der Waals surface area contributed by atoms with Crippen molar-refractivity contribution < 1.29 is 0 Å². The molecule has 0 amide bonds. The van der Waals surface area contributed by atoms with Crippen molar-refractivity contribution in [3.63, 3.8) is 0 Å². The monoisotopic (exact) mass is 726 g/mol. The number of rotatable bonds is 7. The Labute approximate surface area is 320 Å².